The van der Waals surface area contributed by atoms with E-state index in [1.165, 1.54) is 5.56 Å². The van der Waals surface area contributed by atoms with E-state index >= 15 is 0 Å². The number of aliphatic hydroxyl groups excluding tert-OH is 1. The van der Waals surface area contributed by atoms with Crippen LogP contribution in [0.4, 0.5) is 0 Å². The summed E-state index contributed by atoms with van der Waals surface area (Å²) in [4.78, 5) is 0. The van der Waals surface area contributed by atoms with Gasteiger partial charge in [-0.1, -0.05) is 25.5 Å². The highest BCUT2D eigenvalue weighted by Gasteiger charge is 2.32. The lowest BCUT2D eigenvalue weighted by Crippen LogP contribution is -2.20. The van der Waals surface area contributed by atoms with Crippen LogP contribution in [0, 0.1) is 5.92 Å². The number of aliphatic hydroxyl groups is 1. The highest BCUT2D eigenvalue weighted by Crippen LogP contribution is 2.31. The van der Waals surface area contributed by atoms with Crippen molar-refractivity contribution < 1.29 is 14.6 Å². The second-order valence-corrected chi connectivity index (χ2v) is 6.41. The first-order chi connectivity index (χ1) is 10.1. The SMILES string of the molecule is CCCC(OC)c1ccc(OC[C@@H]2C[C@H](Cl)C[C@H]2O)cc1. The van der Waals surface area contributed by atoms with Gasteiger partial charge in [0.15, 0.2) is 0 Å². The Kier molecular flexibility index (Phi) is 6.34. The molecule has 1 aliphatic carbocycles. The van der Waals surface area contributed by atoms with E-state index in [9.17, 15) is 5.11 Å². The van der Waals surface area contributed by atoms with E-state index in [1.54, 1.807) is 7.11 Å². The third-order valence-electron chi connectivity index (χ3n) is 4.15. The van der Waals surface area contributed by atoms with Gasteiger partial charge < -0.3 is 14.6 Å². The lowest BCUT2D eigenvalue weighted by Gasteiger charge is -2.17. The molecule has 0 spiro atoms. The molecule has 1 fully saturated rings. The molecule has 0 amide bonds. The van der Waals surface area contributed by atoms with E-state index in [-0.39, 0.29) is 23.5 Å². The first-order valence-corrected chi connectivity index (χ1v) is 8.15. The Morgan fingerprint density at radius 1 is 1.29 bits per heavy atom. The first-order valence-electron chi connectivity index (χ1n) is 7.71. The van der Waals surface area contributed by atoms with Crippen molar-refractivity contribution in [1.29, 1.82) is 0 Å². The summed E-state index contributed by atoms with van der Waals surface area (Å²) in [6.45, 7) is 2.67. The molecule has 0 bridgehead atoms. The molecule has 2 rings (SSSR count). The monoisotopic (exact) mass is 312 g/mol. The van der Waals surface area contributed by atoms with E-state index in [0.29, 0.717) is 13.0 Å². The van der Waals surface area contributed by atoms with Gasteiger partial charge in [0, 0.05) is 18.4 Å². The van der Waals surface area contributed by atoms with Crippen molar-refractivity contribution >= 4 is 11.6 Å². The van der Waals surface area contributed by atoms with Gasteiger partial charge in [-0.3, -0.25) is 0 Å². The van der Waals surface area contributed by atoms with E-state index < -0.39 is 0 Å². The minimum absolute atomic E-state index is 0.0764. The summed E-state index contributed by atoms with van der Waals surface area (Å²) in [6, 6.07) is 8.04. The predicted molar refractivity (Wildman–Crippen MR) is 85.0 cm³/mol. The number of hydrogen-bond acceptors (Lipinski definition) is 3. The summed E-state index contributed by atoms with van der Waals surface area (Å²) in [5, 5.41) is 9.94. The Morgan fingerprint density at radius 3 is 2.52 bits per heavy atom. The maximum absolute atomic E-state index is 9.86. The zero-order chi connectivity index (χ0) is 15.2. The lowest BCUT2D eigenvalue weighted by molar-refractivity contribution is 0.0943. The smallest absolute Gasteiger partial charge is 0.119 e. The van der Waals surface area contributed by atoms with Gasteiger partial charge >= 0.3 is 0 Å². The zero-order valence-electron chi connectivity index (χ0n) is 12.8. The van der Waals surface area contributed by atoms with Crippen molar-refractivity contribution in [3.05, 3.63) is 29.8 Å². The first kappa shape index (κ1) is 16.6. The number of alkyl halides is 1. The minimum Gasteiger partial charge on any atom is -0.493 e. The molecule has 21 heavy (non-hydrogen) atoms. The average molecular weight is 313 g/mol. The molecule has 1 saturated carbocycles. The number of ether oxygens (including phenoxy) is 2. The van der Waals surface area contributed by atoms with Gasteiger partial charge in [0.25, 0.3) is 0 Å². The highest BCUT2D eigenvalue weighted by molar-refractivity contribution is 6.20. The van der Waals surface area contributed by atoms with Crippen molar-refractivity contribution in [2.45, 2.75) is 50.2 Å². The summed E-state index contributed by atoms with van der Waals surface area (Å²) >= 11 is 6.06. The Bertz CT molecular complexity index is 421. The maximum atomic E-state index is 9.86. The second-order valence-electron chi connectivity index (χ2n) is 5.79. The zero-order valence-corrected chi connectivity index (χ0v) is 13.6. The molecule has 3 nitrogen and oxygen atoms in total. The third kappa shape index (κ3) is 4.60. The van der Waals surface area contributed by atoms with Crippen LogP contribution in [0.2, 0.25) is 0 Å². The molecular formula is C17H25ClO3. The fraction of sp³-hybridized carbons (Fsp3) is 0.647. The fourth-order valence-corrected chi connectivity index (χ4v) is 3.29. The molecule has 0 aliphatic heterocycles. The molecule has 1 aliphatic rings. The van der Waals surface area contributed by atoms with E-state index in [4.69, 9.17) is 21.1 Å². The molecule has 118 valence electrons. The van der Waals surface area contributed by atoms with Crippen LogP contribution >= 0.6 is 11.6 Å². The number of hydrogen-bond donors (Lipinski definition) is 1. The quantitative estimate of drug-likeness (QED) is 0.775. The molecule has 1 aromatic carbocycles. The molecule has 0 saturated heterocycles. The highest BCUT2D eigenvalue weighted by atomic mass is 35.5. The largest absolute Gasteiger partial charge is 0.493 e. The summed E-state index contributed by atoms with van der Waals surface area (Å²) in [7, 11) is 1.74. The second kappa shape index (κ2) is 8.02. The van der Waals surface area contributed by atoms with Crippen LogP contribution < -0.4 is 4.74 Å². The molecule has 1 N–H and O–H groups in total. The molecule has 0 radical (unpaired) electrons. The molecule has 1 aromatic rings. The summed E-state index contributed by atoms with van der Waals surface area (Å²) in [6.07, 6.45) is 3.41. The van der Waals surface area contributed by atoms with Gasteiger partial charge in [-0.2, -0.15) is 0 Å². The van der Waals surface area contributed by atoms with Gasteiger partial charge in [-0.25, -0.2) is 0 Å². The van der Waals surface area contributed by atoms with Gasteiger partial charge in [0.05, 0.1) is 18.8 Å². The standard InChI is InChI=1S/C17H25ClO3/c1-3-4-17(20-2)12-5-7-15(8-6-12)21-11-13-9-14(18)10-16(13)19/h5-8,13-14,16-17,19H,3-4,9-11H2,1-2H3/t13-,14-,16+,17?/m0/s1. The number of rotatable bonds is 7. The van der Waals surface area contributed by atoms with Crippen LogP contribution in [0.3, 0.4) is 0 Å². The number of halogens is 1. The number of benzene rings is 1. The normalized spacial score (nSPS) is 26.8. The van der Waals surface area contributed by atoms with Crippen LogP contribution in [-0.4, -0.2) is 30.3 Å². The van der Waals surface area contributed by atoms with Crippen molar-refractivity contribution in [2.75, 3.05) is 13.7 Å². The Labute approximate surface area is 132 Å². The van der Waals surface area contributed by atoms with Crippen LogP contribution in [0.5, 0.6) is 5.75 Å². The maximum Gasteiger partial charge on any atom is 0.119 e. The van der Waals surface area contributed by atoms with Gasteiger partial charge in [-0.15, -0.1) is 11.6 Å². The Morgan fingerprint density at radius 2 is 2.00 bits per heavy atom. The molecule has 4 heteroatoms. The van der Waals surface area contributed by atoms with Crippen molar-refractivity contribution in [1.82, 2.24) is 0 Å². The van der Waals surface area contributed by atoms with Crippen LogP contribution in [0.25, 0.3) is 0 Å². The van der Waals surface area contributed by atoms with Crippen molar-refractivity contribution in [2.24, 2.45) is 5.92 Å². The van der Waals surface area contributed by atoms with Gasteiger partial charge in [0.2, 0.25) is 0 Å². The molecular weight excluding hydrogens is 288 g/mol. The third-order valence-corrected chi connectivity index (χ3v) is 4.51. The molecule has 0 heterocycles. The van der Waals surface area contributed by atoms with Crippen LogP contribution in [0.15, 0.2) is 24.3 Å². The summed E-state index contributed by atoms with van der Waals surface area (Å²) < 4.78 is 11.3. The fourth-order valence-electron chi connectivity index (χ4n) is 2.88. The topological polar surface area (TPSA) is 38.7 Å². The van der Waals surface area contributed by atoms with Gasteiger partial charge in [0.1, 0.15) is 5.75 Å². The van der Waals surface area contributed by atoms with Crippen LogP contribution in [0.1, 0.15) is 44.3 Å². The van der Waals surface area contributed by atoms with E-state index in [1.807, 2.05) is 12.1 Å². The van der Waals surface area contributed by atoms with Crippen LogP contribution in [-0.2, 0) is 4.74 Å². The predicted octanol–water partition coefficient (Wildman–Crippen LogP) is 3.93. The Hall–Kier alpha value is -0.770. The minimum atomic E-state index is -0.339. The molecule has 4 atom stereocenters. The van der Waals surface area contributed by atoms with Crippen molar-refractivity contribution in [3.8, 4) is 5.75 Å². The van der Waals surface area contributed by atoms with Crippen molar-refractivity contribution in [3.63, 3.8) is 0 Å². The Balaban J connectivity index is 1.87. The lowest BCUT2D eigenvalue weighted by atomic mass is 10.0. The summed E-state index contributed by atoms with van der Waals surface area (Å²) in [5.74, 6) is 0.967. The molecule has 1 unspecified atom stereocenters. The summed E-state index contributed by atoms with van der Waals surface area (Å²) in [5.41, 5.74) is 1.17. The van der Waals surface area contributed by atoms with E-state index in [2.05, 4.69) is 19.1 Å². The van der Waals surface area contributed by atoms with E-state index in [0.717, 1.165) is 25.0 Å². The van der Waals surface area contributed by atoms with Gasteiger partial charge in [-0.05, 0) is 37.0 Å². The average Bonchev–Trinajstić information content (AvgIpc) is 2.81. The number of methoxy groups -OCH3 is 1. The molecule has 0 aromatic heterocycles.